The highest BCUT2D eigenvalue weighted by Gasteiger charge is 2.06. The van der Waals surface area contributed by atoms with Crippen molar-refractivity contribution >= 4 is 27.5 Å². The molecule has 2 aromatic heterocycles. The minimum atomic E-state index is -0.329. The molecular formula is C9H6BrFN2. The number of halogens is 2. The maximum absolute atomic E-state index is 13.1. The number of nitrogens with zero attached hydrogens (tertiary/aromatic N) is 2. The second-order valence-corrected chi connectivity index (χ2v) is 3.42. The normalized spacial score (nSPS) is 10.6. The Bertz CT molecular complexity index is 476. The topological polar surface area (TPSA) is 17.3 Å². The molecule has 13 heavy (non-hydrogen) atoms. The molecule has 0 amide bonds. The smallest absolute Gasteiger partial charge is 0.168 e. The first kappa shape index (κ1) is 8.44. The Labute approximate surface area is 82.8 Å². The van der Waals surface area contributed by atoms with Crippen molar-refractivity contribution in [3.8, 4) is 0 Å². The molecule has 0 atom stereocenters. The number of rotatable bonds is 1. The van der Waals surface area contributed by atoms with Crippen LogP contribution in [0.15, 0.2) is 29.5 Å². The average Bonchev–Trinajstić information content (AvgIpc) is 2.48. The van der Waals surface area contributed by atoms with Crippen LogP contribution in [-0.4, -0.2) is 9.61 Å². The fourth-order valence-corrected chi connectivity index (χ4v) is 1.70. The maximum Gasteiger partial charge on any atom is 0.168 e. The summed E-state index contributed by atoms with van der Waals surface area (Å²) in [6.07, 6.45) is 2.85. The van der Waals surface area contributed by atoms with Crippen molar-refractivity contribution in [1.82, 2.24) is 9.61 Å². The van der Waals surface area contributed by atoms with E-state index >= 15 is 0 Å². The van der Waals surface area contributed by atoms with Gasteiger partial charge < -0.3 is 0 Å². The molecule has 2 aromatic rings. The highest BCUT2D eigenvalue weighted by atomic mass is 79.9. The molecular weight excluding hydrogens is 235 g/mol. The molecule has 66 valence electrons. The summed E-state index contributed by atoms with van der Waals surface area (Å²) in [7, 11) is 0. The van der Waals surface area contributed by atoms with E-state index in [4.69, 9.17) is 0 Å². The SMILES string of the molecule is C=Cc1cc(Br)n2ncc(F)c2c1. The molecule has 0 aliphatic carbocycles. The molecule has 0 fully saturated rings. The van der Waals surface area contributed by atoms with E-state index in [1.165, 1.54) is 10.7 Å². The number of hydrogen-bond acceptors (Lipinski definition) is 1. The number of pyridine rings is 1. The molecule has 2 nitrogen and oxygen atoms in total. The molecule has 4 heteroatoms. The molecule has 0 bridgehead atoms. The molecule has 0 aliphatic rings. The van der Waals surface area contributed by atoms with E-state index in [1.807, 2.05) is 6.07 Å². The molecule has 2 rings (SSSR count). The van der Waals surface area contributed by atoms with Crippen LogP contribution >= 0.6 is 15.9 Å². The van der Waals surface area contributed by atoms with Gasteiger partial charge in [0, 0.05) is 0 Å². The first-order valence-corrected chi connectivity index (χ1v) is 4.47. The molecule has 0 saturated heterocycles. The molecule has 0 aliphatic heterocycles. The van der Waals surface area contributed by atoms with Crippen LogP contribution in [-0.2, 0) is 0 Å². The van der Waals surface area contributed by atoms with Crippen molar-refractivity contribution < 1.29 is 4.39 Å². The minimum Gasteiger partial charge on any atom is -0.224 e. The molecule has 0 saturated carbocycles. The second-order valence-electron chi connectivity index (χ2n) is 2.61. The Morgan fingerprint density at radius 3 is 3.00 bits per heavy atom. The van der Waals surface area contributed by atoms with Gasteiger partial charge in [0.1, 0.15) is 10.1 Å². The molecule has 2 heterocycles. The van der Waals surface area contributed by atoms with Gasteiger partial charge in [0.15, 0.2) is 5.82 Å². The molecule has 0 N–H and O–H groups in total. The Balaban J connectivity index is 2.87. The predicted molar refractivity (Wildman–Crippen MR) is 52.9 cm³/mol. The zero-order chi connectivity index (χ0) is 9.42. The lowest BCUT2D eigenvalue weighted by Gasteiger charge is -1.99. The van der Waals surface area contributed by atoms with Gasteiger partial charge in [-0.15, -0.1) is 0 Å². The van der Waals surface area contributed by atoms with Gasteiger partial charge in [-0.05, 0) is 33.6 Å². The summed E-state index contributed by atoms with van der Waals surface area (Å²) in [6, 6.07) is 3.52. The highest BCUT2D eigenvalue weighted by molar-refractivity contribution is 9.10. The van der Waals surface area contributed by atoms with E-state index in [0.717, 1.165) is 5.56 Å². The van der Waals surface area contributed by atoms with Crippen molar-refractivity contribution in [2.24, 2.45) is 0 Å². The summed E-state index contributed by atoms with van der Waals surface area (Å²) in [6.45, 7) is 3.62. The zero-order valence-electron chi connectivity index (χ0n) is 6.67. The van der Waals surface area contributed by atoms with Gasteiger partial charge in [0.2, 0.25) is 0 Å². The van der Waals surface area contributed by atoms with Crippen LogP contribution in [0.25, 0.3) is 11.6 Å². The monoisotopic (exact) mass is 240 g/mol. The summed E-state index contributed by atoms with van der Waals surface area (Å²) < 4.78 is 15.3. The number of hydrogen-bond donors (Lipinski definition) is 0. The van der Waals surface area contributed by atoms with Gasteiger partial charge in [-0.2, -0.15) is 5.10 Å². The Hall–Kier alpha value is -1.16. The molecule has 0 aromatic carbocycles. The standard InChI is InChI=1S/C9H6BrFN2/c1-2-6-3-8-7(11)5-12-13(8)9(10)4-6/h2-5H,1H2. The quantitative estimate of drug-likeness (QED) is 0.701. The fraction of sp³-hybridized carbons (Fsp3) is 0. The molecule has 0 spiro atoms. The van der Waals surface area contributed by atoms with Gasteiger partial charge in [-0.3, -0.25) is 0 Å². The minimum absolute atomic E-state index is 0.329. The molecule has 0 unspecified atom stereocenters. The highest BCUT2D eigenvalue weighted by Crippen LogP contribution is 2.19. The van der Waals surface area contributed by atoms with Gasteiger partial charge in [-0.25, -0.2) is 8.91 Å². The fourth-order valence-electron chi connectivity index (χ4n) is 1.15. The summed E-state index contributed by atoms with van der Waals surface area (Å²) in [5, 5.41) is 3.85. The summed E-state index contributed by atoms with van der Waals surface area (Å²) in [4.78, 5) is 0. The van der Waals surface area contributed by atoms with Crippen LogP contribution in [0.5, 0.6) is 0 Å². The van der Waals surface area contributed by atoms with Crippen molar-refractivity contribution in [1.29, 1.82) is 0 Å². The molecule has 0 radical (unpaired) electrons. The maximum atomic E-state index is 13.1. The van der Waals surface area contributed by atoms with Crippen LogP contribution in [0.2, 0.25) is 0 Å². The third-order valence-electron chi connectivity index (χ3n) is 1.79. The van der Waals surface area contributed by atoms with Crippen LogP contribution in [0.4, 0.5) is 4.39 Å². The van der Waals surface area contributed by atoms with Crippen LogP contribution in [0.1, 0.15) is 5.56 Å². The lowest BCUT2D eigenvalue weighted by atomic mass is 10.2. The lowest BCUT2D eigenvalue weighted by Crippen LogP contribution is -1.90. The largest absolute Gasteiger partial charge is 0.224 e. The van der Waals surface area contributed by atoms with Crippen LogP contribution < -0.4 is 0 Å². The van der Waals surface area contributed by atoms with E-state index in [-0.39, 0.29) is 5.82 Å². The van der Waals surface area contributed by atoms with E-state index < -0.39 is 0 Å². The van der Waals surface area contributed by atoms with Crippen molar-refractivity contribution in [2.45, 2.75) is 0 Å². The van der Waals surface area contributed by atoms with E-state index in [9.17, 15) is 4.39 Å². The summed E-state index contributed by atoms with van der Waals surface area (Å²) in [5.41, 5.74) is 1.31. The van der Waals surface area contributed by atoms with E-state index in [0.29, 0.717) is 10.1 Å². The Kier molecular flexibility index (Phi) is 1.92. The first-order chi connectivity index (χ1) is 6.22. The predicted octanol–water partition coefficient (Wildman–Crippen LogP) is 2.88. The number of aromatic nitrogens is 2. The third-order valence-corrected chi connectivity index (χ3v) is 2.35. The van der Waals surface area contributed by atoms with Crippen LogP contribution in [0, 0.1) is 5.82 Å². The van der Waals surface area contributed by atoms with Gasteiger partial charge in [-0.1, -0.05) is 12.7 Å². The average molecular weight is 241 g/mol. The van der Waals surface area contributed by atoms with Crippen molar-refractivity contribution in [3.05, 3.63) is 40.9 Å². The second kappa shape index (κ2) is 2.96. The lowest BCUT2D eigenvalue weighted by molar-refractivity contribution is 0.639. The van der Waals surface area contributed by atoms with E-state index in [1.54, 1.807) is 12.1 Å². The zero-order valence-corrected chi connectivity index (χ0v) is 8.25. The van der Waals surface area contributed by atoms with E-state index in [2.05, 4.69) is 27.6 Å². The number of fused-ring (bicyclic) bond motifs is 1. The first-order valence-electron chi connectivity index (χ1n) is 3.67. The van der Waals surface area contributed by atoms with Gasteiger partial charge >= 0.3 is 0 Å². The summed E-state index contributed by atoms with van der Waals surface area (Å²) in [5.74, 6) is -0.329. The van der Waals surface area contributed by atoms with Crippen molar-refractivity contribution in [2.75, 3.05) is 0 Å². The van der Waals surface area contributed by atoms with Crippen molar-refractivity contribution in [3.63, 3.8) is 0 Å². The Morgan fingerprint density at radius 2 is 2.31 bits per heavy atom. The van der Waals surface area contributed by atoms with Gasteiger partial charge in [0.25, 0.3) is 0 Å². The Morgan fingerprint density at radius 1 is 1.54 bits per heavy atom. The van der Waals surface area contributed by atoms with Crippen LogP contribution in [0.3, 0.4) is 0 Å². The third kappa shape index (κ3) is 1.27. The summed E-state index contributed by atoms with van der Waals surface area (Å²) >= 11 is 3.29. The van der Waals surface area contributed by atoms with Gasteiger partial charge in [0.05, 0.1) is 6.20 Å².